The van der Waals surface area contributed by atoms with Gasteiger partial charge in [-0.3, -0.25) is 0 Å². The van der Waals surface area contributed by atoms with Crippen molar-refractivity contribution >= 4 is 21.6 Å². The molecule has 0 aliphatic carbocycles. The molecule has 0 saturated carbocycles. The maximum atomic E-state index is 4.47. The number of hydrogen-bond donors (Lipinski definition) is 0. The molecule has 2 rings (SSSR count). The Hall–Kier alpha value is -0.830. The van der Waals surface area contributed by atoms with Crippen LogP contribution in [0.4, 0.5) is 0 Å². The van der Waals surface area contributed by atoms with E-state index in [1.54, 1.807) is 0 Å². The van der Waals surface area contributed by atoms with E-state index in [9.17, 15) is 0 Å². The third kappa shape index (κ3) is 1.48. The lowest BCUT2D eigenvalue weighted by Gasteiger charge is -1.98. The predicted octanol–water partition coefficient (Wildman–Crippen LogP) is 2.58. The highest BCUT2D eigenvalue weighted by Crippen LogP contribution is 2.12. The van der Waals surface area contributed by atoms with Crippen molar-refractivity contribution in [1.29, 1.82) is 0 Å². The molecule has 0 aliphatic rings. The van der Waals surface area contributed by atoms with Crippen LogP contribution in [-0.4, -0.2) is 14.7 Å². The van der Waals surface area contributed by atoms with Crippen LogP contribution in [0.2, 0.25) is 0 Å². The molecule has 2 aromatic heterocycles. The highest BCUT2D eigenvalue weighted by Gasteiger charge is 2.05. The second-order valence-electron chi connectivity index (χ2n) is 3.01. The number of nitrogens with zero attached hydrogens (tertiary/aromatic N) is 2. The van der Waals surface area contributed by atoms with E-state index in [0.29, 0.717) is 0 Å². The van der Waals surface area contributed by atoms with Gasteiger partial charge >= 0.3 is 0 Å². The minimum absolute atomic E-state index is 0.983. The van der Waals surface area contributed by atoms with E-state index in [1.165, 1.54) is 5.69 Å². The van der Waals surface area contributed by atoms with Crippen LogP contribution in [0.5, 0.6) is 0 Å². The van der Waals surface area contributed by atoms with Gasteiger partial charge in [-0.15, -0.1) is 0 Å². The molecule has 0 atom stereocenters. The zero-order valence-corrected chi connectivity index (χ0v) is 9.08. The summed E-state index contributed by atoms with van der Waals surface area (Å²) in [5.74, 6) is 0. The van der Waals surface area contributed by atoms with Crippen molar-refractivity contribution in [3.63, 3.8) is 0 Å². The largest absolute Gasteiger partial charge is 0.304 e. The summed E-state index contributed by atoms with van der Waals surface area (Å²) in [5, 5.41) is 0.983. The Bertz CT molecular complexity index is 420. The second-order valence-corrected chi connectivity index (χ2v) is 3.80. The molecule has 13 heavy (non-hydrogen) atoms. The Morgan fingerprint density at radius 1 is 1.46 bits per heavy atom. The zero-order valence-electron chi connectivity index (χ0n) is 7.50. The van der Waals surface area contributed by atoms with Gasteiger partial charge in [-0.2, -0.15) is 0 Å². The number of rotatable bonds is 2. The predicted molar refractivity (Wildman–Crippen MR) is 57.4 cm³/mol. The number of hydrogen-bond acceptors (Lipinski definition) is 1. The molecule has 2 aromatic rings. The van der Waals surface area contributed by atoms with Crippen molar-refractivity contribution in [3.8, 4) is 0 Å². The van der Waals surface area contributed by atoms with Crippen LogP contribution < -0.4 is 0 Å². The van der Waals surface area contributed by atoms with Crippen LogP contribution in [0.15, 0.2) is 24.4 Å². The van der Waals surface area contributed by atoms with E-state index >= 15 is 0 Å². The Morgan fingerprint density at radius 3 is 3.08 bits per heavy atom. The third-order valence-electron chi connectivity index (χ3n) is 2.16. The number of aromatic nitrogens is 2. The van der Waals surface area contributed by atoms with Crippen molar-refractivity contribution in [3.05, 3.63) is 35.8 Å². The lowest BCUT2D eigenvalue weighted by molar-refractivity contribution is 0.991. The zero-order chi connectivity index (χ0) is 9.26. The average Bonchev–Trinajstić information content (AvgIpc) is 2.44. The summed E-state index contributed by atoms with van der Waals surface area (Å²) in [6, 6.07) is 6.08. The number of halogens is 1. The molecule has 0 bridgehead atoms. The molecule has 2 nitrogen and oxygen atoms in total. The van der Waals surface area contributed by atoms with Gasteiger partial charge in [-0.25, -0.2) is 4.98 Å². The Morgan fingerprint density at radius 2 is 2.31 bits per heavy atom. The van der Waals surface area contributed by atoms with E-state index in [2.05, 4.69) is 38.4 Å². The van der Waals surface area contributed by atoms with Crippen molar-refractivity contribution < 1.29 is 0 Å². The van der Waals surface area contributed by atoms with Crippen LogP contribution in [0.25, 0.3) is 5.65 Å². The first-order chi connectivity index (χ1) is 6.33. The summed E-state index contributed by atoms with van der Waals surface area (Å²) in [6.45, 7) is 2.06. The van der Waals surface area contributed by atoms with E-state index in [1.807, 2.05) is 18.2 Å². The molecule has 0 aliphatic heterocycles. The van der Waals surface area contributed by atoms with Gasteiger partial charge in [0.15, 0.2) is 0 Å². The van der Waals surface area contributed by atoms with Gasteiger partial charge < -0.3 is 4.40 Å². The lowest BCUT2D eigenvalue weighted by Crippen LogP contribution is -1.94. The molecule has 3 heteroatoms. The van der Waals surface area contributed by atoms with Gasteiger partial charge in [0.2, 0.25) is 0 Å². The summed E-state index contributed by atoms with van der Waals surface area (Å²) in [7, 11) is 0. The number of fused-ring (bicyclic) bond motifs is 1. The van der Waals surface area contributed by atoms with Crippen molar-refractivity contribution in [1.82, 2.24) is 9.38 Å². The molecule has 0 spiro atoms. The molecule has 68 valence electrons. The Labute approximate surface area is 85.7 Å². The molecule has 0 saturated heterocycles. The fraction of sp³-hybridized carbons (Fsp3) is 0.300. The first-order valence-electron chi connectivity index (χ1n) is 4.31. The second kappa shape index (κ2) is 3.50. The minimum Gasteiger partial charge on any atom is -0.304 e. The monoisotopic (exact) mass is 238 g/mol. The summed E-state index contributed by atoms with van der Waals surface area (Å²) in [6.07, 6.45) is 3.09. The molecule has 2 heterocycles. The third-order valence-corrected chi connectivity index (χ3v) is 2.56. The molecule has 0 N–H and O–H groups in total. The quantitative estimate of drug-likeness (QED) is 0.736. The number of alkyl halides is 1. The van der Waals surface area contributed by atoms with E-state index < -0.39 is 0 Å². The highest BCUT2D eigenvalue weighted by molar-refractivity contribution is 9.09. The van der Waals surface area contributed by atoms with Crippen LogP contribution in [0.1, 0.15) is 11.4 Å². The molecular formula is C10H11BrN2. The molecule has 0 unspecified atom stereocenters. The number of imidazole rings is 1. The molecular weight excluding hydrogens is 228 g/mol. The molecule has 0 amide bonds. The SMILES string of the molecule is Cc1nc2ccccn2c1CCBr. The van der Waals surface area contributed by atoms with Crippen LogP contribution >= 0.6 is 15.9 Å². The maximum absolute atomic E-state index is 4.47. The number of aryl methyl sites for hydroxylation is 2. The summed E-state index contributed by atoms with van der Waals surface area (Å²) in [4.78, 5) is 4.47. The molecule has 0 aromatic carbocycles. The molecule has 0 radical (unpaired) electrons. The maximum Gasteiger partial charge on any atom is 0.137 e. The van der Waals surface area contributed by atoms with Crippen molar-refractivity contribution in [2.75, 3.05) is 5.33 Å². The Balaban J connectivity index is 2.64. The van der Waals surface area contributed by atoms with Gasteiger partial charge in [0, 0.05) is 17.2 Å². The first-order valence-corrected chi connectivity index (χ1v) is 5.43. The van der Waals surface area contributed by atoms with Gasteiger partial charge in [-0.05, 0) is 25.5 Å². The first kappa shape index (κ1) is 8.75. The van der Waals surface area contributed by atoms with Crippen LogP contribution in [0, 0.1) is 6.92 Å². The van der Waals surface area contributed by atoms with Crippen LogP contribution in [0.3, 0.4) is 0 Å². The minimum atomic E-state index is 0.983. The van der Waals surface area contributed by atoms with Crippen molar-refractivity contribution in [2.45, 2.75) is 13.3 Å². The van der Waals surface area contributed by atoms with E-state index in [4.69, 9.17) is 0 Å². The van der Waals surface area contributed by atoms with Gasteiger partial charge in [0.1, 0.15) is 5.65 Å². The standard InChI is InChI=1S/C10H11BrN2/c1-8-9(5-6-11)13-7-3-2-4-10(13)12-8/h2-4,7H,5-6H2,1H3. The topological polar surface area (TPSA) is 17.3 Å². The summed E-state index contributed by atoms with van der Waals surface area (Å²) < 4.78 is 2.15. The number of pyridine rings is 1. The fourth-order valence-corrected chi connectivity index (χ4v) is 1.93. The van der Waals surface area contributed by atoms with E-state index in [0.717, 1.165) is 23.1 Å². The van der Waals surface area contributed by atoms with Crippen molar-refractivity contribution in [2.24, 2.45) is 0 Å². The fourth-order valence-electron chi connectivity index (χ4n) is 1.55. The van der Waals surface area contributed by atoms with Gasteiger partial charge in [-0.1, -0.05) is 22.0 Å². The van der Waals surface area contributed by atoms with E-state index in [-0.39, 0.29) is 0 Å². The smallest absolute Gasteiger partial charge is 0.137 e. The Kier molecular flexibility index (Phi) is 2.36. The van der Waals surface area contributed by atoms with Gasteiger partial charge in [0.05, 0.1) is 5.69 Å². The molecule has 0 fully saturated rings. The van der Waals surface area contributed by atoms with Crippen LogP contribution in [-0.2, 0) is 6.42 Å². The highest BCUT2D eigenvalue weighted by atomic mass is 79.9. The summed E-state index contributed by atoms with van der Waals surface area (Å²) >= 11 is 3.45. The van der Waals surface area contributed by atoms with Gasteiger partial charge in [0.25, 0.3) is 0 Å². The normalized spacial score (nSPS) is 10.9. The average molecular weight is 239 g/mol. The lowest BCUT2D eigenvalue weighted by atomic mass is 10.3. The summed E-state index contributed by atoms with van der Waals surface area (Å²) in [5.41, 5.74) is 3.47.